The number of aromatic hydroxyl groups is 1. The van der Waals surface area contributed by atoms with E-state index in [1.165, 1.54) is 13.2 Å². The summed E-state index contributed by atoms with van der Waals surface area (Å²) >= 11 is 0.864. The predicted octanol–water partition coefficient (Wildman–Crippen LogP) is 2.28. The molecule has 2 amide bonds. The van der Waals surface area contributed by atoms with Crippen molar-refractivity contribution in [1.29, 1.82) is 0 Å². The highest BCUT2D eigenvalue weighted by Gasteiger charge is 2.24. The van der Waals surface area contributed by atoms with E-state index < -0.39 is 0 Å². The summed E-state index contributed by atoms with van der Waals surface area (Å²) in [5, 5.41) is 11.2. The quantitative estimate of drug-likeness (QED) is 0.829. The first kappa shape index (κ1) is 13.2. The van der Waals surface area contributed by atoms with Crippen molar-refractivity contribution in [3.8, 4) is 11.5 Å². The summed E-state index contributed by atoms with van der Waals surface area (Å²) in [6.07, 6.45) is 4.96. The van der Waals surface area contributed by atoms with Gasteiger partial charge >= 0.3 is 0 Å². The van der Waals surface area contributed by atoms with Crippen LogP contribution in [0, 0.1) is 0 Å². The molecule has 98 valence electrons. The number of ether oxygens (including phenoxy) is 1. The predicted molar refractivity (Wildman–Crippen MR) is 72.9 cm³/mol. The van der Waals surface area contributed by atoms with Crippen molar-refractivity contribution in [3.63, 3.8) is 0 Å². The molecule has 6 heteroatoms. The van der Waals surface area contributed by atoms with E-state index in [1.54, 1.807) is 30.4 Å². The Morgan fingerprint density at radius 3 is 2.79 bits per heavy atom. The molecule has 1 aromatic carbocycles. The first-order valence-electron chi connectivity index (χ1n) is 5.38. The molecular formula is C13H11NO4S. The van der Waals surface area contributed by atoms with Gasteiger partial charge in [0.1, 0.15) is 0 Å². The molecule has 1 aromatic rings. The van der Waals surface area contributed by atoms with Crippen LogP contribution in [0.2, 0.25) is 0 Å². The molecular weight excluding hydrogens is 266 g/mol. The van der Waals surface area contributed by atoms with Crippen LogP contribution < -0.4 is 10.1 Å². The Hall–Kier alpha value is -2.21. The van der Waals surface area contributed by atoms with Gasteiger partial charge in [-0.1, -0.05) is 18.2 Å². The molecule has 0 saturated carbocycles. The van der Waals surface area contributed by atoms with Crippen molar-refractivity contribution in [3.05, 3.63) is 40.8 Å². The van der Waals surface area contributed by atoms with Crippen LogP contribution in [0.25, 0.3) is 6.08 Å². The third kappa shape index (κ3) is 3.17. The third-order valence-electron chi connectivity index (χ3n) is 2.38. The summed E-state index contributed by atoms with van der Waals surface area (Å²) in [6, 6.07) is 4.89. The molecule has 2 N–H and O–H groups in total. The van der Waals surface area contributed by atoms with Crippen LogP contribution in [0.1, 0.15) is 5.56 Å². The van der Waals surface area contributed by atoms with Crippen molar-refractivity contribution in [2.45, 2.75) is 0 Å². The van der Waals surface area contributed by atoms with Crippen LogP contribution >= 0.6 is 11.8 Å². The Balaban J connectivity index is 2.13. The lowest BCUT2D eigenvalue weighted by Crippen LogP contribution is -2.17. The molecule has 1 aliphatic heterocycles. The average Bonchev–Trinajstić information content (AvgIpc) is 2.70. The van der Waals surface area contributed by atoms with Crippen LogP contribution in [0.15, 0.2) is 35.3 Å². The van der Waals surface area contributed by atoms with E-state index in [1.807, 2.05) is 0 Å². The number of carbonyl (C=O) groups is 2. The highest BCUT2D eigenvalue weighted by molar-refractivity contribution is 8.18. The van der Waals surface area contributed by atoms with Gasteiger partial charge in [-0.15, -0.1) is 0 Å². The smallest absolute Gasteiger partial charge is 0.290 e. The molecule has 2 rings (SSSR count). The number of phenols is 1. The van der Waals surface area contributed by atoms with Crippen LogP contribution in [0.3, 0.4) is 0 Å². The van der Waals surface area contributed by atoms with Gasteiger partial charge in [0.15, 0.2) is 11.5 Å². The van der Waals surface area contributed by atoms with Crippen LogP contribution in [0.5, 0.6) is 11.5 Å². The van der Waals surface area contributed by atoms with Crippen LogP contribution in [-0.2, 0) is 4.79 Å². The van der Waals surface area contributed by atoms with E-state index in [9.17, 15) is 14.7 Å². The fraction of sp³-hybridized carbons (Fsp3) is 0.0769. The Morgan fingerprint density at radius 1 is 1.37 bits per heavy atom. The zero-order valence-electron chi connectivity index (χ0n) is 10.0. The van der Waals surface area contributed by atoms with Gasteiger partial charge in [-0.05, 0) is 35.5 Å². The van der Waals surface area contributed by atoms with Crippen LogP contribution in [-0.4, -0.2) is 23.4 Å². The number of nitrogens with one attached hydrogen (secondary N) is 1. The minimum absolute atomic E-state index is 0.0642. The SMILES string of the molecule is COc1cc(C=CC=C2SC(=O)NC2=O)ccc1O. The second-order valence-corrected chi connectivity index (χ2v) is 4.68. The first-order valence-corrected chi connectivity index (χ1v) is 6.20. The van der Waals surface area contributed by atoms with E-state index in [0.717, 1.165) is 17.3 Å². The summed E-state index contributed by atoms with van der Waals surface area (Å²) in [6.45, 7) is 0. The number of methoxy groups -OCH3 is 1. The molecule has 1 heterocycles. The standard InChI is InChI=1S/C13H11NO4S/c1-18-10-7-8(5-6-9(10)15)3-2-4-11-12(16)14-13(17)19-11/h2-7,15H,1H3,(H,14,16,17). The molecule has 0 bridgehead atoms. The molecule has 1 saturated heterocycles. The van der Waals surface area contributed by atoms with Crippen molar-refractivity contribution in [2.24, 2.45) is 0 Å². The largest absolute Gasteiger partial charge is 0.504 e. The fourth-order valence-corrected chi connectivity index (χ4v) is 2.11. The number of allylic oxidation sites excluding steroid dienone is 2. The zero-order valence-corrected chi connectivity index (χ0v) is 10.9. The molecule has 0 radical (unpaired) electrons. The van der Waals surface area contributed by atoms with E-state index in [0.29, 0.717) is 10.7 Å². The highest BCUT2D eigenvalue weighted by Crippen LogP contribution is 2.27. The molecule has 19 heavy (non-hydrogen) atoms. The molecule has 0 unspecified atom stereocenters. The number of benzene rings is 1. The van der Waals surface area contributed by atoms with Gasteiger partial charge in [0.2, 0.25) is 0 Å². The van der Waals surface area contributed by atoms with Gasteiger partial charge in [-0.3, -0.25) is 14.9 Å². The Bertz CT molecular complexity index is 592. The number of phenolic OH excluding ortho intramolecular Hbond substituents is 1. The number of hydrogen-bond acceptors (Lipinski definition) is 5. The van der Waals surface area contributed by atoms with E-state index in [2.05, 4.69) is 5.32 Å². The average molecular weight is 277 g/mol. The van der Waals surface area contributed by atoms with Crippen molar-refractivity contribution in [2.75, 3.05) is 7.11 Å². The molecule has 1 aliphatic rings. The Labute approximate surface area is 114 Å². The second kappa shape index (κ2) is 5.62. The van der Waals surface area contributed by atoms with Crippen molar-refractivity contribution < 1.29 is 19.4 Å². The topological polar surface area (TPSA) is 75.6 Å². The number of thioether (sulfide) groups is 1. The first-order chi connectivity index (χ1) is 9.10. The third-order valence-corrected chi connectivity index (χ3v) is 3.21. The van der Waals surface area contributed by atoms with E-state index >= 15 is 0 Å². The van der Waals surface area contributed by atoms with E-state index in [-0.39, 0.29) is 16.9 Å². The minimum Gasteiger partial charge on any atom is -0.504 e. The van der Waals surface area contributed by atoms with Crippen molar-refractivity contribution in [1.82, 2.24) is 5.32 Å². The van der Waals surface area contributed by atoms with Crippen molar-refractivity contribution >= 4 is 29.0 Å². The number of hydrogen-bond donors (Lipinski definition) is 2. The van der Waals surface area contributed by atoms with Gasteiger partial charge in [-0.25, -0.2) is 0 Å². The summed E-state index contributed by atoms with van der Waals surface area (Å²) in [5.41, 5.74) is 0.807. The fourth-order valence-electron chi connectivity index (χ4n) is 1.48. The van der Waals surface area contributed by atoms with Gasteiger partial charge in [-0.2, -0.15) is 0 Å². The van der Waals surface area contributed by atoms with Gasteiger partial charge in [0, 0.05) is 0 Å². The van der Waals surface area contributed by atoms with Crippen LogP contribution in [0.4, 0.5) is 4.79 Å². The number of rotatable bonds is 3. The maximum atomic E-state index is 11.3. The summed E-state index contributed by atoms with van der Waals surface area (Å²) in [5.74, 6) is 0.0511. The summed E-state index contributed by atoms with van der Waals surface area (Å²) in [7, 11) is 1.47. The maximum absolute atomic E-state index is 11.3. The molecule has 0 spiro atoms. The van der Waals surface area contributed by atoms with Gasteiger partial charge in [0.25, 0.3) is 11.1 Å². The van der Waals surface area contributed by atoms with Gasteiger partial charge in [0.05, 0.1) is 12.0 Å². The van der Waals surface area contributed by atoms with Gasteiger partial charge < -0.3 is 9.84 Å². The lowest BCUT2D eigenvalue weighted by atomic mass is 10.2. The molecule has 0 atom stereocenters. The lowest BCUT2D eigenvalue weighted by Gasteiger charge is -2.03. The number of imide groups is 1. The lowest BCUT2D eigenvalue weighted by molar-refractivity contribution is -0.115. The summed E-state index contributed by atoms with van der Waals surface area (Å²) < 4.78 is 4.98. The molecule has 1 fully saturated rings. The number of carbonyl (C=O) groups excluding carboxylic acids is 2. The zero-order chi connectivity index (χ0) is 13.8. The number of amides is 2. The highest BCUT2D eigenvalue weighted by atomic mass is 32.2. The normalized spacial score (nSPS) is 17.2. The Kier molecular flexibility index (Phi) is 3.91. The molecule has 0 aromatic heterocycles. The maximum Gasteiger partial charge on any atom is 0.290 e. The monoisotopic (exact) mass is 277 g/mol. The minimum atomic E-state index is -0.386. The second-order valence-electron chi connectivity index (χ2n) is 3.66. The van der Waals surface area contributed by atoms with E-state index in [4.69, 9.17) is 4.74 Å². The Morgan fingerprint density at radius 2 is 2.16 bits per heavy atom. The summed E-state index contributed by atoms with van der Waals surface area (Å²) in [4.78, 5) is 22.6. The molecule has 0 aliphatic carbocycles. The molecule has 5 nitrogen and oxygen atoms in total.